The monoisotopic (exact) mass is 464 g/mol. The summed E-state index contributed by atoms with van der Waals surface area (Å²) in [6.45, 7) is 0. The predicted molar refractivity (Wildman–Crippen MR) is 102 cm³/mol. The number of rotatable bonds is 4. The molecule has 0 atom stereocenters. The Kier molecular flexibility index (Phi) is 7.61. The van der Waals surface area contributed by atoms with Gasteiger partial charge in [-0.2, -0.15) is 0 Å². The van der Waals surface area contributed by atoms with E-state index in [9.17, 15) is 23.2 Å². The molecule has 9 nitrogen and oxygen atoms in total. The summed E-state index contributed by atoms with van der Waals surface area (Å²) < 4.78 is 46.1. The fraction of sp³-hybridized carbons (Fsp3) is 0.118. The molecular formula is C17H12Cl2F2N2O7. The average molecular weight is 465 g/mol. The highest BCUT2D eigenvalue weighted by atomic mass is 35.5. The van der Waals surface area contributed by atoms with Gasteiger partial charge in [0.1, 0.15) is 11.6 Å². The van der Waals surface area contributed by atoms with Crippen LogP contribution in [0.25, 0.3) is 0 Å². The molecule has 13 heteroatoms. The number of benzene rings is 2. The Balaban J connectivity index is 2.21. The van der Waals surface area contributed by atoms with Crippen molar-refractivity contribution in [1.82, 2.24) is 0 Å². The van der Waals surface area contributed by atoms with Gasteiger partial charge in [-0.1, -0.05) is 23.2 Å². The summed E-state index contributed by atoms with van der Waals surface area (Å²) in [7, 11) is 2.13. The molecule has 30 heavy (non-hydrogen) atoms. The zero-order valence-electron chi connectivity index (χ0n) is 15.2. The number of hydrogen-bond donors (Lipinski definition) is 2. The SMILES string of the molecule is COC(=O)Nc1cc(OC(=O)Oc2cc(NC(=O)OC)c(F)cc2Cl)c(Cl)cc1F. The average Bonchev–Trinajstić information content (AvgIpc) is 2.68. The van der Waals surface area contributed by atoms with E-state index in [0.29, 0.717) is 0 Å². The highest BCUT2D eigenvalue weighted by molar-refractivity contribution is 6.32. The van der Waals surface area contributed by atoms with Crippen LogP contribution in [0.2, 0.25) is 10.0 Å². The normalized spacial score (nSPS) is 10.1. The van der Waals surface area contributed by atoms with Crippen LogP contribution in [0.1, 0.15) is 0 Å². The number of hydrogen-bond acceptors (Lipinski definition) is 7. The standard InChI is InChI=1S/C17H12Cl2F2N2O7/c1-27-15(24)22-11-5-13(7(18)3-9(11)20)29-17(26)30-14-6-12(23-16(25)28-2)10(21)4-8(14)19/h3-6H,1-2H3,(H,22,24)(H,23,25). The van der Waals surface area contributed by atoms with Crippen molar-refractivity contribution in [3.63, 3.8) is 0 Å². The number of carbonyl (C=O) groups excluding carboxylic acids is 3. The fourth-order valence-electron chi connectivity index (χ4n) is 1.93. The zero-order valence-corrected chi connectivity index (χ0v) is 16.7. The number of methoxy groups -OCH3 is 2. The van der Waals surface area contributed by atoms with Crippen LogP contribution in [-0.2, 0) is 9.47 Å². The Morgan fingerprint density at radius 2 is 1.13 bits per heavy atom. The van der Waals surface area contributed by atoms with Gasteiger partial charge in [-0.25, -0.2) is 23.2 Å². The minimum absolute atomic E-state index is 0.321. The minimum atomic E-state index is -1.38. The van der Waals surface area contributed by atoms with Crippen molar-refractivity contribution in [3.8, 4) is 11.5 Å². The first kappa shape index (κ1) is 23.0. The Hall–Kier alpha value is -3.31. The topological polar surface area (TPSA) is 112 Å². The Labute approximate surface area is 177 Å². The Bertz CT molecular complexity index is 927. The van der Waals surface area contributed by atoms with E-state index in [-0.39, 0.29) is 21.5 Å². The number of ether oxygens (including phenoxy) is 4. The summed E-state index contributed by atoms with van der Waals surface area (Å²) in [5.41, 5.74) is -0.781. The summed E-state index contributed by atoms with van der Waals surface area (Å²) >= 11 is 11.6. The summed E-state index contributed by atoms with van der Waals surface area (Å²) in [5, 5.41) is 3.47. The molecule has 0 aliphatic carbocycles. The van der Waals surface area contributed by atoms with Crippen LogP contribution in [0.3, 0.4) is 0 Å². The molecule has 0 saturated heterocycles. The predicted octanol–water partition coefficient (Wildman–Crippen LogP) is 5.21. The van der Waals surface area contributed by atoms with E-state index in [2.05, 4.69) is 20.1 Å². The molecule has 0 heterocycles. The van der Waals surface area contributed by atoms with E-state index in [1.807, 2.05) is 0 Å². The lowest BCUT2D eigenvalue weighted by atomic mass is 10.3. The maximum absolute atomic E-state index is 13.9. The van der Waals surface area contributed by atoms with E-state index in [0.717, 1.165) is 38.5 Å². The van der Waals surface area contributed by atoms with E-state index in [1.54, 1.807) is 0 Å². The molecule has 0 unspecified atom stereocenters. The van der Waals surface area contributed by atoms with Gasteiger partial charge in [-0.15, -0.1) is 0 Å². The van der Waals surface area contributed by atoms with Gasteiger partial charge < -0.3 is 18.9 Å². The lowest BCUT2D eigenvalue weighted by Crippen LogP contribution is -2.16. The zero-order chi connectivity index (χ0) is 22.4. The maximum atomic E-state index is 13.9. The van der Waals surface area contributed by atoms with Gasteiger partial charge in [-0.3, -0.25) is 10.6 Å². The molecule has 0 aliphatic rings. The molecule has 0 aromatic heterocycles. The van der Waals surface area contributed by atoms with Crippen molar-refractivity contribution in [2.75, 3.05) is 24.9 Å². The van der Waals surface area contributed by atoms with E-state index in [1.165, 1.54) is 0 Å². The van der Waals surface area contributed by atoms with Gasteiger partial charge in [0.25, 0.3) is 0 Å². The van der Waals surface area contributed by atoms with Crippen LogP contribution in [0, 0.1) is 11.6 Å². The molecule has 0 aliphatic heterocycles. The number of carbonyl (C=O) groups is 3. The Morgan fingerprint density at radius 3 is 1.47 bits per heavy atom. The molecule has 0 saturated carbocycles. The Morgan fingerprint density at radius 1 is 0.767 bits per heavy atom. The maximum Gasteiger partial charge on any atom is 0.519 e. The van der Waals surface area contributed by atoms with Gasteiger partial charge in [0, 0.05) is 12.1 Å². The highest BCUT2D eigenvalue weighted by Gasteiger charge is 2.19. The van der Waals surface area contributed by atoms with E-state index >= 15 is 0 Å². The third-order valence-corrected chi connectivity index (χ3v) is 3.86. The van der Waals surface area contributed by atoms with Crippen molar-refractivity contribution < 1.29 is 42.1 Å². The van der Waals surface area contributed by atoms with Crippen LogP contribution >= 0.6 is 23.2 Å². The lowest BCUT2D eigenvalue weighted by Gasteiger charge is -2.12. The molecule has 2 amide bonds. The molecule has 2 N–H and O–H groups in total. The molecule has 2 aromatic carbocycles. The second-order valence-corrected chi connectivity index (χ2v) is 6.03. The van der Waals surface area contributed by atoms with Crippen molar-refractivity contribution in [2.45, 2.75) is 0 Å². The largest absolute Gasteiger partial charge is 0.519 e. The first-order chi connectivity index (χ1) is 14.1. The minimum Gasteiger partial charge on any atom is -0.453 e. The van der Waals surface area contributed by atoms with Crippen molar-refractivity contribution in [1.29, 1.82) is 0 Å². The molecular weight excluding hydrogens is 453 g/mol. The molecule has 2 rings (SSSR count). The quantitative estimate of drug-likeness (QED) is 0.471. The van der Waals surface area contributed by atoms with Gasteiger partial charge in [0.05, 0.1) is 35.6 Å². The summed E-state index contributed by atoms with van der Waals surface area (Å²) in [6.07, 6.45) is -3.34. The fourth-order valence-corrected chi connectivity index (χ4v) is 2.31. The number of halogens is 4. The second kappa shape index (κ2) is 9.94. The van der Waals surface area contributed by atoms with Crippen molar-refractivity contribution in [2.24, 2.45) is 0 Å². The first-order valence-electron chi connectivity index (χ1n) is 7.72. The van der Waals surface area contributed by atoms with E-state index in [4.69, 9.17) is 32.7 Å². The van der Waals surface area contributed by atoms with Crippen LogP contribution in [0.4, 0.5) is 34.5 Å². The van der Waals surface area contributed by atoms with Crippen LogP contribution in [0.5, 0.6) is 11.5 Å². The second-order valence-electron chi connectivity index (χ2n) is 5.21. The van der Waals surface area contributed by atoms with E-state index < -0.39 is 41.4 Å². The molecule has 160 valence electrons. The van der Waals surface area contributed by atoms with Crippen LogP contribution < -0.4 is 20.1 Å². The molecule has 0 spiro atoms. The lowest BCUT2D eigenvalue weighted by molar-refractivity contribution is 0.152. The van der Waals surface area contributed by atoms with Crippen LogP contribution in [0.15, 0.2) is 24.3 Å². The van der Waals surface area contributed by atoms with Gasteiger partial charge in [0.2, 0.25) is 0 Å². The molecule has 0 fully saturated rings. The molecule has 2 aromatic rings. The smallest absolute Gasteiger partial charge is 0.453 e. The van der Waals surface area contributed by atoms with Crippen molar-refractivity contribution in [3.05, 3.63) is 45.9 Å². The van der Waals surface area contributed by atoms with Gasteiger partial charge in [-0.05, 0) is 12.1 Å². The van der Waals surface area contributed by atoms with Gasteiger partial charge >= 0.3 is 18.3 Å². The summed E-state index contributed by atoms with van der Waals surface area (Å²) in [5.74, 6) is -2.60. The van der Waals surface area contributed by atoms with Gasteiger partial charge in [0.15, 0.2) is 11.5 Å². The third-order valence-electron chi connectivity index (χ3n) is 3.27. The highest BCUT2D eigenvalue weighted by Crippen LogP contribution is 2.33. The third kappa shape index (κ3) is 5.84. The molecule has 0 bridgehead atoms. The first-order valence-corrected chi connectivity index (χ1v) is 8.47. The number of nitrogens with one attached hydrogen (secondary N) is 2. The summed E-state index contributed by atoms with van der Waals surface area (Å²) in [4.78, 5) is 34.5. The van der Waals surface area contributed by atoms with Crippen LogP contribution in [-0.4, -0.2) is 32.6 Å². The number of amides is 2. The van der Waals surface area contributed by atoms with Crippen molar-refractivity contribution >= 4 is 52.9 Å². The number of anilines is 2. The summed E-state index contributed by atoms with van der Waals surface area (Å²) in [6, 6.07) is 3.37. The molecule has 0 radical (unpaired) electrons.